The van der Waals surface area contributed by atoms with Crippen molar-refractivity contribution >= 4 is 38.3 Å². The fourth-order valence-electron chi connectivity index (χ4n) is 2.26. The van der Waals surface area contributed by atoms with Crippen LogP contribution >= 0.6 is 27.3 Å². The van der Waals surface area contributed by atoms with Gasteiger partial charge in [-0.25, -0.2) is 4.98 Å². The van der Waals surface area contributed by atoms with E-state index in [4.69, 9.17) is 10.00 Å². The molecule has 26 heavy (non-hydrogen) atoms. The number of carbonyl (C=O) groups excluding carboxylic acids is 1. The smallest absolute Gasteiger partial charge is 0.264 e. The number of anilines is 1. The van der Waals surface area contributed by atoms with Gasteiger partial charge in [-0.15, -0.1) is 11.3 Å². The predicted octanol–water partition coefficient (Wildman–Crippen LogP) is 4.77. The van der Waals surface area contributed by atoms with Crippen LogP contribution in [0.25, 0.3) is 11.3 Å². The molecule has 130 valence electrons. The maximum Gasteiger partial charge on any atom is 0.264 e. The number of rotatable bonds is 5. The van der Waals surface area contributed by atoms with Crippen molar-refractivity contribution in [3.63, 3.8) is 0 Å². The normalized spacial score (nSPS) is 10.2. The van der Waals surface area contributed by atoms with Crippen molar-refractivity contribution in [1.29, 1.82) is 5.26 Å². The van der Waals surface area contributed by atoms with E-state index in [0.29, 0.717) is 16.4 Å². The molecule has 0 aliphatic carbocycles. The van der Waals surface area contributed by atoms with Gasteiger partial charge in [0, 0.05) is 14.9 Å². The lowest BCUT2D eigenvalue weighted by molar-refractivity contribution is -0.118. The molecule has 1 N–H and O–H groups in total. The number of ether oxygens (including phenoxy) is 1. The van der Waals surface area contributed by atoms with Gasteiger partial charge in [0.1, 0.15) is 5.75 Å². The molecule has 1 aromatic heterocycles. The SMILES string of the molecule is Cc1sc(NC(=O)COc2ccc(C#N)cc2)nc1-c1ccc(Br)cc1. The van der Waals surface area contributed by atoms with Crippen molar-refractivity contribution in [1.82, 2.24) is 4.98 Å². The maximum absolute atomic E-state index is 12.1. The largest absolute Gasteiger partial charge is 0.484 e. The molecule has 1 amide bonds. The molecular weight excluding hydrogens is 414 g/mol. The molecule has 0 spiro atoms. The number of halogens is 1. The molecule has 1 heterocycles. The van der Waals surface area contributed by atoms with E-state index in [0.717, 1.165) is 20.6 Å². The highest BCUT2D eigenvalue weighted by Gasteiger charge is 2.12. The van der Waals surface area contributed by atoms with E-state index in [1.54, 1.807) is 24.3 Å². The van der Waals surface area contributed by atoms with Crippen LogP contribution in [-0.2, 0) is 4.79 Å². The number of thiazole rings is 1. The number of carbonyl (C=O) groups is 1. The number of aromatic nitrogens is 1. The third kappa shape index (κ3) is 4.48. The van der Waals surface area contributed by atoms with Gasteiger partial charge in [0.25, 0.3) is 5.91 Å². The van der Waals surface area contributed by atoms with E-state index in [2.05, 4.69) is 26.2 Å². The molecule has 0 radical (unpaired) electrons. The minimum absolute atomic E-state index is 0.127. The predicted molar refractivity (Wildman–Crippen MR) is 105 cm³/mol. The third-order valence-corrected chi connectivity index (χ3v) is 4.93. The number of aryl methyl sites for hydroxylation is 1. The second-order valence-electron chi connectivity index (χ2n) is 5.40. The van der Waals surface area contributed by atoms with E-state index in [9.17, 15) is 4.79 Å². The molecule has 0 bridgehead atoms. The fraction of sp³-hybridized carbons (Fsp3) is 0.105. The quantitative estimate of drug-likeness (QED) is 0.635. The summed E-state index contributed by atoms with van der Waals surface area (Å²) < 4.78 is 6.43. The highest BCUT2D eigenvalue weighted by atomic mass is 79.9. The monoisotopic (exact) mass is 427 g/mol. The highest BCUT2D eigenvalue weighted by Crippen LogP contribution is 2.31. The van der Waals surface area contributed by atoms with E-state index in [1.165, 1.54) is 11.3 Å². The Morgan fingerprint density at radius 1 is 1.23 bits per heavy atom. The molecule has 3 aromatic rings. The molecule has 0 saturated carbocycles. The molecule has 0 saturated heterocycles. The Balaban J connectivity index is 1.61. The molecular formula is C19H14BrN3O2S. The Bertz CT molecular complexity index is 960. The molecule has 2 aromatic carbocycles. The van der Waals surface area contributed by atoms with Gasteiger partial charge in [-0.3, -0.25) is 10.1 Å². The van der Waals surface area contributed by atoms with Crippen molar-refractivity contribution in [3.05, 3.63) is 63.4 Å². The molecule has 0 aliphatic rings. The van der Waals surface area contributed by atoms with E-state index >= 15 is 0 Å². The first-order valence-electron chi connectivity index (χ1n) is 7.71. The van der Waals surface area contributed by atoms with Crippen LogP contribution in [0.4, 0.5) is 5.13 Å². The zero-order valence-corrected chi connectivity index (χ0v) is 16.2. The molecule has 0 fully saturated rings. The zero-order chi connectivity index (χ0) is 18.5. The number of nitrogens with one attached hydrogen (secondary N) is 1. The lowest BCUT2D eigenvalue weighted by Gasteiger charge is -2.05. The van der Waals surface area contributed by atoms with Crippen LogP contribution in [0.5, 0.6) is 5.75 Å². The fourth-order valence-corrected chi connectivity index (χ4v) is 3.37. The topological polar surface area (TPSA) is 75.0 Å². The van der Waals surface area contributed by atoms with Crippen molar-refractivity contribution in [3.8, 4) is 23.1 Å². The van der Waals surface area contributed by atoms with Gasteiger partial charge >= 0.3 is 0 Å². The maximum atomic E-state index is 12.1. The van der Waals surface area contributed by atoms with E-state index in [1.807, 2.05) is 37.3 Å². The number of hydrogen-bond donors (Lipinski definition) is 1. The average molecular weight is 428 g/mol. The molecule has 7 heteroatoms. The summed E-state index contributed by atoms with van der Waals surface area (Å²) in [5.41, 5.74) is 2.39. The van der Waals surface area contributed by atoms with Gasteiger partial charge in [0.15, 0.2) is 11.7 Å². The minimum atomic E-state index is -0.287. The number of nitrogens with zero attached hydrogens (tertiary/aromatic N) is 2. The Morgan fingerprint density at radius 3 is 2.58 bits per heavy atom. The van der Waals surface area contributed by atoms with Crippen LogP contribution in [-0.4, -0.2) is 17.5 Å². The third-order valence-electron chi connectivity index (χ3n) is 3.51. The summed E-state index contributed by atoms with van der Waals surface area (Å²) in [7, 11) is 0. The van der Waals surface area contributed by atoms with Gasteiger partial charge in [-0.05, 0) is 43.3 Å². The second-order valence-corrected chi connectivity index (χ2v) is 7.52. The Labute approximate surface area is 163 Å². The molecule has 0 unspecified atom stereocenters. The van der Waals surface area contributed by atoms with Crippen LogP contribution in [0.1, 0.15) is 10.4 Å². The minimum Gasteiger partial charge on any atom is -0.484 e. The first-order chi connectivity index (χ1) is 12.5. The standard InChI is InChI=1S/C19H14BrN3O2S/c1-12-18(14-4-6-15(20)7-5-14)23-19(26-12)22-17(24)11-25-16-8-2-13(10-21)3-9-16/h2-9H,11H2,1H3,(H,22,23,24). The summed E-state index contributed by atoms with van der Waals surface area (Å²) in [5, 5.41) is 12.1. The van der Waals surface area contributed by atoms with Gasteiger partial charge in [0.2, 0.25) is 0 Å². The highest BCUT2D eigenvalue weighted by molar-refractivity contribution is 9.10. The van der Waals surface area contributed by atoms with Gasteiger partial charge in [0.05, 0.1) is 17.3 Å². The number of nitriles is 1. The van der Waals surface area contributed by atoms with Gasteiger partial charge in [-0.1, -0.05) is 28.1 Å². The van der Waals surface area contributed by atoms with Crippen molar-refractivity contribution in [2.45, 2.75) is 6.92 Å². The van der Waals surface area contributed by atoms with Crippen LogP contribution in [0.15, 0.2) is 53.0 Å². The van der Waals surface area contributed by atoms with Gasteiger partial charge < -0.3 is 4.74 Å². The average Bonchev–Trinajstić information content (AvgIpc) is 3.01. The Kier molecular flexibility index (Phi) is 5.66. The van der Waals surface area contributed by atoms with Crippen molar-refractivity contribution in [2.75, 3.05) is 11.9 Å². The summed E-state index contributed by atoms with van der Waals surface area (Å²) in [4.78, 5) is 17.6. The Morgan fingerprint density at radius 2 is 1.92 bits per heavy atom. The van der Waals surface area contributed by atoms with Gasteiger partial charge in [-0.2, -0.15) is 5.26 Å². The number of benzene rings is 2. The molecule has 5 nitrogen and oxygen atoms in total. The number of amides is 1. The summed E-state index contributed by atoms with van der Waals surface area (Å²) in [6.07, 6.45) is 0. The van der Waals surface area contributed by atoms with Crippen LogP contribution < -0.4 is 10.1 Å². The summed E-state index contributed by atoms with van der Waals surface area (Å²) in [5.74, 6) is 0.246. The second kappa shape index (κ2) is 8.13. The lowest BCUT2D eigenvalue weighted by atomic mass is 10.1. The van der Waals surface area contributed by atoms with E-state index in [-0.39, 0.29) is 12.5 Å². The molecule has 0 aliphatic heterocycles. The van der Waals surface area contributed by atoms with E-state index < -0.39 is 0 Å². The first-order valence-corrected chi connectivity index (χ1v) is 9.32. The van der Waals surface area contributed by atoms with Crippen molar-refractivity contribution in [2.24, 2.45) is 0 Å². The zero-order valence-electron chi connectivity index (χ0n) is 13.8. The lowest BCUT2D eigenvalue weighted by Crippen LogP contribution is -2.20. The first kappa shape index (κ1) is 18.1. The summed E-state index contributed by atoms with van der Waals surface area (Å²) in [6, 6.07) is 16.5. The number of hydrogen-bond acceptors (Lipinski definition) is 5. The molecule has 0 atom stereocenters. The summed E-state index contributed by atoms with van der Waals surface area (Å²) in [6.45, 7) is 1.84. The summed E-state index contributed by atoms with van der Waals surface area (Å²) >= 11 is 4.84. The van der Waals surface area contributed by atoms with Crippen molar-refractivity contribution < 1.29 is 9.53 Å². The molecule has 3 rings (SSSR count). The van der Waals surface area contributed by atoms with Crippen LogP contribution in [0, 0.1) is 18.3 Å². The van der Waals surface area contributed by atoms with Crippen LogP contribution in [0.2, 0.25) is 0 Å². The Hall–Kier alpha value is -2.69. The van der Waals surface area contributed by atoms with Crippen LogP contribution in [0.3, 0.4) is 0 Å².